The Kier molecular flexibility index (Phi) is 2.51. The van der Waals surface area contributed by atoms with Gasteiger partial charge in [0, 0.05) is 6.07 Å². The van der Waals surface area contributed by atoms with Gasteiger partial charge in [0.25, 0.3) is 0 Å². The van der Waals surface area contributed by atoms with Crippen molar-refractivity contribution < 1.29 is 13.9 Å². The second-order valence-electron chi connectivity index (χ2n) is 1.89. The Morgan fingerprint density at radius 3 is 2.92 bits per heavy atom. The number of methoxy groups -OCH3 is 1. The number of hydrogen-bond acceptors (Lipinski definition) is 4. The van der Waals surface area contributed by atoms with Crippen molar-refractivity contribution in [2.45, 2.75) is 0 Å². The molecule has 0 unspecified atom stereocenters. The van der Waals surface area contributed by atoms with E-state index in [9.17, 15) is 4.79 Å². The summed E-state index contributed by atoms with van der Waals surface area (Å²) in [6, 6.07) is 3.17. The Balaban J connectivity index is 3.07. The zero-order valence-electron chi connectivity index (χ0n) is 6.13. The van der Waals surface area contributed by atoms with Crippen LogP contribution in [0.1, 0.15) is 16.3 Å². The summed E-state index contributed by atoms with van der Waals surface area (Å²) in [6.07, 6.45) is 0. The minimum atomic E-state index is -0.600. The molecule has 0 amide bonds. The third-order valence-corrected chi connectivity index (χ3v) is 1.76. The average molecular weight is 230 g/mol. The Hall–Kier alpha value is -1.28. The molecule has 62 valence electrons. The minimum Gasteiger partial charge on any atom is -0.463 e. The van der Waals surface area contributed by atoms with Crippen LogP contribution in [0.4, 0.5) is 0 Å². The molecule has 12 heavy (non-hydrogen) atoms. The van der Waals surface area contributed by atoms with Gasteiger partial charge in [-0.1, -0.05) is 0 Å². The van der Waals surface area contributed by atoms with Crippen molar-refractivity contribution in [1.82, 2.24) is 0 Å². The van der Waals surface area contributed by atoms with Crippen molar-refractivity contribution in [3.63, 3.8) is 0 Å². The van der Waals surface area contributed by atoms with Crippen LogP contribution in [0.25, 0.3) is 0 Å². The van der Waals surface area contributed by atoms with Gasteiger partial charge in [0.2, 0.25) is 11.5 Å². The van der Waals surface area contributed by atoms with Crippen LogP contribution in [-0.2, 0) is 4.74 Å². The van der Waals surface area contributed by atoms with E-state index in [0.717, 1.165) is 0 Å². The highest BCUT2D eigenvalue weighted by Gasteiger charge is 2.14. The van der Waals surface area contributed by atoms with Gasteiger partial charge in [0.1, 0.15) is 6.07 Å². The van der Waals surface area contributed by atoms with E-state index in [2.05, 4.69) is 20.7 Å². The summed E-state index contributed by atoms with van der Waals surface area (Å²) in [4.78, 5) is 10.8. The number of rotatable bonds is 1. The number of hydrogen-bond donors (Lipinski definition) is 0. The molecule has 0 N–H and O–H groups in total. The molecule has 0 aliphatic rings. The maximum atomic E-state index is 10.8. The Morgan fingerprint density at radius 2 is 2.50 bits per heavy atom. The molecule has 0 aliphatic heterocycles. The molecule has 4 nitrogen and oxygen atoms in total. The van der Waals surface area contributed by atoms with Crippen molar-refractivity contribution in [1.29, 1.82) is 5.26 Å². The molecule has 0 aliphatic carbocycles. The highest BCUT2D eigenvalue weighted by atomic mass is 79.9. The third-order valence-electron chi connectivity index (χ3n) is 1.17. The molecular formula is C7H4BrNO3. The van der Waals surface area contributed by atoms with E-state index >= 15 is 0 Å². The molecule has 0 aromatic carbocycles. The molecule has 1 rings (SSSR count). The quantitative estimate of drug-likeness (QED) is 0.688. The highest BCUT2D eigenvalue weighted by molar-refractivity contribution is 9.10. The second kappa shape index (κ2) is 3.41. The monoisotopic (exact) mass is 229 g/mol. The van der Waals surface area contributed by atoms with Crippen LogP contribution >= 0.6 is 15.9 Å². The van der Waals surface area contributed by atoms with Crippen molar-refractivity contribution >= 4 is 21.9 Å². The lowest BCUT2D eigenvalue weighted by molar-refractivity contribution is 0.0564. The molecule has 0 saturated carbocycles. The van der Waals surface area contributed by atoms with Crippen LogP contribution in [0, 0.1) is 11.3 Å². The molecule has 5 heteroatoms. The van der Waals surface area contributed by atoms with E-state index in [1.165, 1.54) is 13.2 Å². The number of ether oxygens (including phenoxy) is 1. The summed E-state index contributed by atoms with van der Waals surface area (Å²) in [5.41, 5.74) is 0. The van der Waals surface area contributed by atoms with Gasteiger partial charge in [-0.05, 0) is 15.9 Å². The Bertz CT molecular complexity index is 350. The van der Waals surface area contributed by atoms with Gasteiger partial charge in [-0.25, -0.2) is 4.79 Å². The molecule has 0 saturated heterocycles. The minimum absolute atomic E-state index is 0.0147. The van der Waals surface area contributed by atoms with Crippen LogP contribution in [0.2, 0.25) is 0 Å². The lowest BCUT2D eigenvalue weighted by Crippen LogP contribution is -1.98. The average Bonchev–Trinajstić information content (AvgIpc) is 2.45. The van der Waals surface area contributed by atoms with Crippen LogP contribution in [0.15, 0.2) is 15.0 Å². The number of furan rings is 1. The van der Waals surface area contributed by atoms with E-state index in [1.54, 1.807) is 6.07 Å². The van der Waals surface area contributed by atoms with Crippen LogP contribution < -0.4 is 0 Å². The SMILES string of the molecule is COC(=O)c1cc(Br)c(C#N)o1. The molecule has 0 radical (unpaired) electrons. The van der Waals surface area contributed by atoms with Gasteiger partial charge >= 0.3 is 5.97 Å². The zero-order valence-corrected chi connectivity index (χ0v) is 7.71. The first-order valence-electron chi connectivity index (χ1n) is 2.96. The van der Waals surface area contributed by atoms with E-state index < -0.39 is 5.97 Å². The first-order chi connectivity index (χ1) is 5.69. The van der Waals surface area contributed by atoms with Crippen LogP contribution in [0.5, 0.6) is 0 Å². The standard InChI is InChI=1S/C7H4BrNO3/c1-11-7(10)5-2-4(8)6(3-9)12-5/h2H,1H3. The van der Waals surface area contributed by atoms with Gasteiger partial charge in [-0.3, -0.25) is 0 Å². The van der Waals surface area contributed by atoms with Gasteiger partial charge in [-0.15, -0.1) is 0 Å². The van der Waals surface area contributed by atoms with Crippen molar-refractivity contribution in [3.05, 3.63) is 22.1 Å². The Labute approximate surface area is 76.9 Å². The topological polar surface area (TPSA) is 63.2 Å². The molecular weight excluding hydrogens is 226 g/mol. The first kappa shape index (κ1) is 8.81. The predicted octanol–water partition coefficient (Wildman–Crippen LogP) is 1.70. The smallest absolute Gasteiger partial charge is 0.374 e. The molecule has 0 atom stereocenters. The van der Waals surface area contributed by atoms with Crippen molar-refractivity contribution in [2.75, 3.05) is 7.11 Å². The largest absolute Gasteiger partial charge is 0.463 e. The maximum Gasteiger partial charge on any atom is 0.374 e. The van der Waals surface area contributed by atoms with Gasteiger partial charge in [-0.2, -0.15) is 5.26 Å². The highest BCUT2D eigenvalue weighted by Crippen LogP contribution is 2.20. The van der Waals surface area contributed by atoms with Crippen LogP contribution in [0.3, 0.4) is 0 Å². The zero-order chi connectivity index (χ0) is 9.14. The molecule has 1 heterocycles. The number of nitrogens with zero attached hydrogens (tertiary/aromatic N) is 1. The van der Waals surface area contributed by atoms with Gasteiger partial charge in [0.15, 0.2) is 0 Å². The number of nitriles is 1. The molecule has 0 fully saturated rings. The van der Waals surface area contributed by atoms with Crippen molar-refractivity contribution in [3.8, 4) is 6.07 Å². The fraction of sp³-hybridized carbons (Fsp3) is 0.143. The third kappa shape index (κ3) is 1.48. The summed E-state index contributed by atoms with van der Waals surface area (Å²) in [5, 5.41) is 8.46. The number of halogens is 1. The van der Waals surface area contributed by atoms with Gasteiger partial charge < -0.3 is 9.15 Å². The summed E-state index contributed by atoms with van der Waals surface area (Å²) in [7, 11) is 1.24. The summed E-state index contributed by atoms with van der Waals surface area (Å²) in [6.45, 7) is 0. The van der Waals surface area contributed by atoms with E-state index in [-0.39, 0.29) is 11.5 Å². The summed E-state index contributed by atoms with van der Waals surface area (Å²) >= 11 is 3.05. The first-order valence-corrected chi connectivity index (χ1v) is 3.76. The second-order valence-corrected chi connectivity index (χ2v) is 2.75. The van der Waals surface area contributed by atoms with Gasteiger partial charge in [0.05, 0.1) is 11.6 Å². The molecule has 0 bridgehead atoms. The predicted molar refractivity (Wildman–Crippen MR) is 42.5 cm³/mol. The number of carbonyl (C=O) groups excluding carboxylic acids is 1. The number of esters is 1. The summed E-state index contributed by atoms with van der Waals surface area (Å²) < 4.78 is 9.67. The Morgan fingerprint density at radius 1 is 1.83 bits per heavy atom. The normalized spacial score (nSPS) is 9.08. The fourth-order valence-electron chi connectivity index (χ4n) is 0.646. The lowest BCUT2D eigenvalue weighted by Gasteiger charge is -1.90. The molecule has 0 spiro atoms. The van der Waals surface area contributed by atoms with Crippen LogP contribution in [-0.4, -0.2) is 13.1 Å². The fourth-order valence-corrected chi connectivity index (χ4v) is 1.02. The molecule has 1 aromatic rings. The van der Waals surface area contributed by atoms with E-state index in [4.69, 9.17) is 9.68 Å². The lowest BCUT2D eigenvalue weighted by atomic mass is 10.4. The molecule has 1 aromatic heterocycles. The maximum absolute atomic E-state index is 10.8. The number of carbonyl (C=O) groups is 1. The van der Waals surface area contributed by atoms with E-state index in [0.29, 0.717) is 4.47 Å². The van der Waals surface area contributed by atoms with E-state index in [1.807, 2.05) is 0 Å². The summed E-state index contributed by atoms with van der Waals surface area (Å²) in [5.74, 6) is -0.520. The van der Waals surface area contributed by atoms with Crippen molar-refractivity contribution in [2.24, 2.45) is 0 Å².